The fourth-order valence-electron chi connectivity index (χ4n) is 2.07. The molecule has 2 heterocycles. The molecule has 0 saturated heterocycles. The summed E-state index contributed by atoms with van der Waals surface area (Å²) < 4.78 is 7.11. The van der Waals surface area contributed by atoms with Gasteiger partial charge in [-0.25, -0.2) is 4.79 Å². The van der Waals surface area contributed by atoms with Crippen molar-refractivity contribution in [3.63, 3.8) is 0 Å². The van der Waals surface area contributed by atoms with Crippen LogP contribution < -0.4 is 5.32 Å². The third-order valence-electron chi connectivity index (χ3n) is 3.44. The van der Waals surface area contributed by atoms with Crippen LogP contribution in [0.1, 0.15) is 29.1 Å². The van der Waals surface area contributed by atoms with E-state index in [2.05, 4.69) is 20.3 Å². The molecule has 0 fully saturated rings. The van der Waals surface area contributed by atoms with Gasteiger partial charge in [0, 0.05) is 7.05 Å². The molecule has 128 valence electrons. The zero-order valence-corrected chi connectivity index (χ0v) is 13.5. The predicted molar refractivity (Wildman–Crippen MR) is 81.5 cm³/mol. The lowest BCUT2D eigenvalue weighted by Crippen LogP contribution is -2.25. The van der Waals surface area contributed by atoms with Crippen LogP contribution in [0.5, 0.6) is 0 Å². The van der Waals surface area contributed by atoms with Crippen LogP contribution in [0.4, 0.5) is 11.4 Å². The van der Waals surface area contributed by atoms with E-state index < -0.39 is 22.8 Å². The summed E-state index contributed by atoms with van der Waals surface area (Å²) in [5.74, 6) is -1.16. The van der Waals surface area contributed by atoms with E-state index in [9.17, 15) is 19.7 Å². The van der Waals surface area contributed by atoms with Crippen molar-refractivity contribution in [3.05, 3.63) is 33.9 Å². The summed E-state index contributed by atoms with van der Waals surface area (Å²) in [4.78, 5) is 34.4. The Hall–Kier alpha value is -3.24. The second kappa shape index (κ2) is 6.48. The van der Waals surface area contributed by atoms with Gasteiger partial charge in [0.15, 0.2) is 5.69 Å². The average Bonchev–Trinajstić information content (AvgIpc) is 3.09. The third-order valence-corrected chi connectivity index (χ3v) is 3.44. The van der Waals surface area contributed by atoms with Crippen molar-refractivity contribution in [3.8, 4) is 0 Å². The van der Waals surface area contributed by atoms with E-state index in [4.69, 9.17) is 0 Å². The maximum atomic E-state index is 12.3. The molecule has 0 aliphatic heterocycles. The standard InChI is InChI=1S/C13H16N6O5/c1-7-10(19(22)23)6-18(16-7)8(2)12(20)15-9-5-14-17(3)11(9)13(21)24-4/h5-6,8H,1-4H3,(H,15,20). The van der Waals surface area contributed by atoms with Crippen LogP contribution >= 0.6 is 0 Å². The van der Waals surface area contributed by atoms with Crippen LogP contribution in [0, 0.1) is 17.0 Å². The number of amides is 1. The molecule has 0 spiro atoms. The molecule has 1 N–H and O–H groups in total. The second-order valence-electron chi connectivity index (χ2n) is 5.02. The first-order valence-electron chi connectivity index (χ1n) is 6.87. The van der Waals surface area contributed by atoms with Crippen molar-refractivity contribution in [2.45, 2.75) is 19.9 Å². The molecule has 11 heteroatoms. The molecule has 0 aromatic carbocycles. The molecule has 0 aliphatic rings. The Morgan fingerprint density at radius 2 is 2.12 bits per heavy atom. The molecule has 0 saturated carbocycles. The number of esters is 1. The van der Waals surface area contributed by atoms with Gasteiger partial charge in [-0.05, 0) is 13.8 Å². The van der Waals surface area contributed by atoms with E-state index in [1.54, 1.807) is 0 Å². The molecule has 1 amide bonds. The van der Waals surface area contributed by atoms with Crippen LogP contribution in [-0.4, -0.2) is 43.5 Å². The lowest BCUT2D eigenvalue weighted by Gasteiger charge is -2.12. The van der Waals surface area contributed by atoms with Crippen LogP contribution in [0.3, 0.4) is 0 Å². The smallest absolute Gasteiger partial charge is 0.358 e. The Kier molecular flexibility index (Phi) is 4.62. The molecular weight excluding hydrogens is 320 g/mol. The maximum Gasteiger partial charge on any atom is 0.358 e. The summed E-state index contributed by atoms with van der Waals surface area (Å²) in [7, 11) is 2.75. The van der Waals surface area contributed by atoms with E-state index in [0.717, 1.165) is 0 Å². The molecular formula is C13H16N6O5. The van der Waals surface area contributed by atoms with Gasteiger partial charge in [0.05, 0.1) is 23.9 Å². The topological polar surface area (TPSA) is 134 Å². The van der Waals surface area contributed by atoms with E-state index in [-0.39, 0.29) is 22.8 Å². The molecule has 0 radical (unpaired) electrons. The van der Waals surface area contributed by atoms with Gasteiger partial charge in [0.2, 0.25) is 5.91 Å². The fraction of sp³-hybridized carbons (Fsp3) is 0.385. The van der Waals surface area contributed by atoms with Crippen LogP contribution in [0.25, 0.3) is 0 Å². The quantitative estimate of drug-likeness (QED) is 0.485. The molecule has 2 aromatic heterocycles. The highest BCUT2D eigenvalue weighted by Crippen LogP contribution is 2.20. The van der Waals surface area contributed by atoms with Gasteiger partial charge in [-0.15, -0.1) is 0 Å². The molecule has 2 aromatic rings. The van der Waals surface area contributed by atoms with E-state index in [0.29, 0.717) is 0 Å². The average molecular weight is 336 g/mol. The molecule has 1 atom stereocenters. The number of aromatic nitrogens is 4. The van der Waals surface area contributed by atoms with Crippen molar-refractivity contribution in [2.24, 2.45) is 7.05 Å². The summed E-state index contributed by atoms with van der Waals surface area (Å²) >= 11 is 0. The minimum absolute atomic E-state index is 0.0840. The number of carbonyl (C=O) groups is 2. The third kappa shape index (κ3) is 3.09. The van der Waals surface area contributed by atoms with Gasteiger partial charge >= 0.3 is 11.7 Å². The second-order valence-corrected chi connectivity index (χ2v) is 5.02. The SMILES string of the molecule is COC(=O)c1c(NC(=O)C(C)n2cc([N+](=O)[O-])c(C)n2)cnn1C. The minimum Gasteiger partial charge on any atom is -0.464 e. The van der Waals surface area contributed by atoms with Crippen LogP contribution in [0.15, 0.2) is 12.4 Å². The van der Waals surface area contributed by atoms with E-state index in [1.807, 2.05) is 0 Å². The number of nitrogens with one attached hydrogen (secondary N) is 1. The van der Waals surface area contributed by atoms with Crippen molar-refractivity contribution < 1.29 is 19.2 Å². The van der Waals surface area contributed by atoms with E-state index in [1.165, 1.54) is 49.8 Å². The Balaban J connectivity index is 2.23. The number of hydrogen-bond donors (Lipinski definition) is 1. The van der Waals surface area contributed by atoms with Crippen molar-refractivity contribution >= 4 is 23.3 Å². The van der Waals surface area contributed by atoms with Crippen LogP contribution in [0.2, 0.25) is 0 Å². The summed E-state index contributed by atoms with van der Waals surface area (Å²) in [5, 5.41) is 21.3. The maximum absolute atomic E-state index is 12.3. The first-order chi connectivity index (χ1) is 11.3. The lowest BCUT2D eigenvalue weighted by atomic mass is 10.3. The first kappa shape index (κ1) is 17.1. The number of hydrogen-bond acceptors (Lipinski definition) is 7. The molecule has 24 heavy (non-hydrogen) atoms. The Morgan fingerprint density at radius 3 is 2.67 bits per heavy atom. The number of aryl methyl sites for hydroxylation is 2. The van der Waals surface area contributed by atoms with E-state index >= 15 is 0 Å². The summed E-state index contributed by atoms with van der Waals surface area (Å²) in [6, 6.07) is -0.830. The van der Waals surface area contributed by atoms with Crippen molar-refractivity contribution in [1.82, 2.24) is 19.6 Å². The minimum atomic E-state index is -0.830. The number of anilines is 1. The van der Waals surface area contributed by atoms with Crippen molar-refractivity contribution in [1.29, 1.82) is 0 Å². The zero-order chi connectivity index (χ0) is 18.0. The Bertz CT molecular complexity index is 808. The highest BCUT2D eigenvalue weighted by atomic mass is 16.6. The highest BCUT2D eigenvalue weighted by molar-refractivity contribution is 6.01. The monoisotopic (exact) mass is 336 g/mol. The molecule has 1 unspecified atom stereocenters. The van der Waals surface area contributed by atoms with Gasteiger partial charge in [0.1, 0.15) is 17.9 Å². The van der Waals surface area contributed by atoms with Crippen LogP contribution in [-0.2, 0) is 16.6 Å². The number of ether oxygens (including phenoxy) is 1. The van der Waals surface area contributed by atoms with Gasteiger partial charge in [-0.2, -0.15) is 10.2 Å². The fourth-order valence-corrected chi connectivity index (χ4v) is 2.07. The molecule has 0 aliphatic carbocycles. The van der Waals surface area contributed by atoms with Gasteiger partial charge in [-0.1, -0.05) is 0 Å². The molecule has 11 nitrogen and oxygen atoms in total. The van der Waals surface area contributed by atoms with Gasteiger partial charge < -0.3 is 10.1 Å². The number of carbonyl (C=O) groups excluding carboxylic acids is 2. The Morgan fingerprint density at radius 1 is 1.46 bits per heavy atom. The van der Waals surface area contributed by atoms with Gasteiger partial charge in [0.25, 0.3) is 0 Å². The largest absolute Gasteiger partial charge is 0.464 e. The predicted octanol–water partition coefficient (Wildman–Crippen LogP) is 0.820. The number of methoxy groups -OCH3 is 1. The Labute approximate surface area is 136 Å². The molecule has 0 bridgehead atoms. The first-order valence-corrected chi connectivity index (χ1v) is 6.87. The lowest BCUT2D eigenvalue weighted by molar-refractivity contribution is -0.385. The number of nitro groups is 1. The van der Waals surface area contributed by atoms with Crippen molar-refractivity contribution in [2.75, 3.05) is 12.4 Å². The molecule has 2 rings (SSSR count). The number of rotatable bonds is 5. The number of nitrogens with zero attached hydrogens (tertiary/aromatic N) is 5. The summed E-state index contributed by atoms with van der Waals surface area (Å²) in [5.41, 5.74) is 0.294. The zero-order valence-electron chi connectivity index (χ0n) is 13.5. The van der Waals surface area contributed by atoms with Gasteiger partial charge in [-0.3, -0.25) is 24.3 Å². The highest BCUT2D eigenvalue weighted by Gasteiger charge is 2.25. The normalized spacial score (nSPS) is 11.8. The summed E-state index contributed by atoms with van der Waals surface area (Å²) in [6.45, 7) is 3.01. The summed E-state index contributed by atoms with van der Waals surface area (Å²) in [6.07, 6.45) is 2.50.